The average molecular weight is 403 g/mol. The molecule has 0 saturated heterocycles. The van der Waals surface area contributed by atoms with Crippen LogP contribution in [-0.2, 0) is 11.0 Å². The number of para-hydroxylation sites is 1. The highest BCUT2D eigenvalue weighted by molar-refractivity contribution is 5.93. The van der Waals surface area contributed by atoms with E-state index in [4.69, 9.17) is 0 Å². The van der Waals surface area contributed by atoms with Crippen LogP contribution in [0, 0.1) is 0 Å². The molecule has 0 bridgehead atoms. The number of hydrogen-bond donors (Lipinski definition) is 1. The van der Waals surface area contributed by atoms with Gasteiger partial charge in [0, 0.05) is 12.3 Å². The summed E-state index contributed by atoms with van der Waals surface area (Å²) in [4.78, 5) is 13.2. The van der Waals surface area contributed by atoms with Gasteiger partial charge in [0.25, 0.3) is 0 Å². The van der Waals surface area contributed by atoms with E-state index < -0.39 is 30.1 Å². The second-order valence-corrected chi connectivity index (χ2v) is 6.03. The van der Waals surface area contributed by atoms with E-state index in [9.17, 15) is 23.1 Å². The fourth-order valence-corrected chi connectivity index (χ4v) is 2.56. The van der Waals surface area contributed by atoms with Gasteiger partial charge in [-0.3, -0.25) is 4.79 Å². The molecule has 1 N–H and O–H groups in total. The predicted molar refractivity (Wildman–Crippen MR) is 94.9 cm³/mol. The number of carbonyl (C=O) groups excluding carboxylic acids is 1. The van der Waals surface area contributed by atoms with E-state index in [1.54, 1.807) is 12.1 Å². The number of nitrogens with zero attached hydrogens (tertiary/aromatic N) is 5. The van der Waals surface area contributed by atoms with Crippen molar-refractivity contribution in [2.24, 2.45) is 20.7 Å². The minimum absolute atomic E-state index is 0.284. The topological polar surface area (TPSA) is 105 Å². The van der Waals surface area contributed by atoms with Crippen LogP contribution in [0.25, 0.3) is 11.7 Å². The van der Waals surface area contributed by atoms with Crippen LogP contribution in [0.1, 0.15) is 5.56 Å². The fourth-order valence-electron chi connectivity index (χ4n) is 2.56. The van der Waals surface area contributed by atoms with Gasteiger partial charge in [-0.1, -0.05) is 36.4 Å². The van der Waals surface area contributed by atoms with Crippen molar-refractivity contribution < 1.29 is 23.1 Å². The Morgan fingerprint density at radius 3 is 2.31 bits per heavy atom. The van der Waals surface area contributed by atoms with Crippen LogP contribution in [0.3, 0.4) is 0 Å². The molecule has 1 amide bonds. The number of halogens is 3. The van der Waals surface area contributed by atoms with E-state index in [2.05, 4.69) is 26.0 Å². The third kappa shape index (κ3) is 4.75. The van der Waals surface area contributed by atoms with Crippen molar-refractivity contribution in [3.05, 3.63) is 64.5 Å². The molecule has 11 heteroatoms. The quantitative estimate of drug-likeness (QED) is 0.838. The minimum atomic E-state index is -4.61. The number of benzene rings is 2. The van der Waals surface area contributed by atoms with Crippen LogP contribution in [-0.4, -0.2) is 24.4 Å². The predicted octanol–water partition coefficient (Wildman–Crippen LogP) is 1.60. The van der Waals surface area contributed by atoms with Gasteiger partial charge in [-0.25, -0.2) is 0 Å². The molecule has 2 aromatic carbocycles. The van der Waals surface area contributed by atoms with Gasteiger partial charge >= 0.3 is 6.18 Å². The second-order valence-electron chi connectivity index (χ2n) is 6.03. The smallest absolute Gasteiger partial charge is 0.418 e. The van der Waals surface area contributed by atoms with Crippen LogP contribution >= 0.6 is 0 Å². The van der Waals surface area contributed by atoms with Crippen LogP contribution < -0.4 is 20.9 Å². The normalized spacial score (nSPS) is 12.9. The Morgan fingerprint density at radius 2 is 1.69 bits per heavy atom. The van der Waals surface area contributed by atoms with Crippen molar-refractivity contribution in [3.8, 4) is 0 Å². The summed E-state index contributed by atoms with van der Waals surface area (Å²) in [6.45, 7) is -0.424. The average Bonchev–Trinajstić information content (AvgIpc) is 3.22. The Hall–Kier alpha value is -3.76. The molecule has 1 aliphatic rings. The Labute approximate surface area is 162 Å². The van der Waals surface area contributed by atoms with Crippen molar-refractivity contribution >= 4 is 23.3 Å². The molecule has 0 radical (unpaired) electrons. The van der Waals surface area contributed by atoms with Gasteiger partial charge < -0.3 is 15.3 Å². The van der Waals surface area contributed by atoms with Gasteiger partial charge in [0.15, 0.2) is 0 Å². The van der Waals surface area contributed by atoms with Gasteiger partial charge in [-0.2, -0.15) is 13.2 Å². The molecule has 29 heavy (non-hydrogen) atoms. The molecule has 0 saturated carbocycles. The van der Waals surface area contributed by atoms with Gasteiger partial charge in [-0.05, 0) is 33.7 Å². The zero-order valence-corrected chi connectivity index (χ0v) is 15.0. The molecule has 0 aliphatic carbocycles. The monoisotopic (exact) mass is 403 g/mol. The SMILES string of the molecule is CN(CC(=O)Nc1ccccc1C(F)(F)F)C([O-])=c1ccc(=C2N=NN=N2)cc1. The summed E-state index contributed by atoms with van der Waals surface area (Å²) in [7, 11) is 1.37. The summed E-state index contributed by atoms with van der Waals surface area (Å²) in [6, 6.07) is 10.8. The molecule has 0 spiro atoms. The van der Waals surface area contributed by atoms with Crippen LogP contribution in [0.4, 0.5) is 18.9 Å². The largest absolute Gasteiger partial charge is 0.860 e. The molecule has 0 fully saturated rings. The van der Waals surface area contributed by atoms with E-state index in [-0.39, 0.29) is 10.9 Å². The molecular weight excluding hydrogens is 389 g/mol. The lowest BCUT2D eigenvalue weighted by molar-refractivity contribution is -0.270. The molecule has 8 nitrogen and oxygen atoms in total. The van der Waals surface area contributed by atoms with Crippen molar-refractivity contribution in [3.63, 3.8) is 0 Å². The maximum Gasteiger partial charge on any atom is 0.418 e. The van der Waals surface area contributed by atoms with E-state index in [1.165, 1.54) is 31.3 Å². The lowest BCUT2D eigenvalue weighted by atomic mass is 10.1. The first-order chi connectivity index (χ1) is 13.8. The summed E-state index contributed by atoms with van der Waals surface area (Å²) >= 11 is 0. The Morgan fingerprint density at radius 1 is 1.07 bits per heavy atom. The molecule has 2 aromatic rings. The maximum atomic E-state index is 13.0. The fraction of sp³-hybridized carbons (Fsp3) is 0.167. The number of hydrogen-bond acceptors (Lipinski definition) is 7. The molecule has 0 aromatic heterocycles. The van der Waals surface area contributed by atoms with Crippen LogP contribution in [0.15, 0.2) is 69.2 Å². The first kappa shape index (κ1) is 20.0. The molecular formula is C18H14F3N6O2-. The van der Waals surface area contributed by atoms with E-state index in [0.29, 0.717) is 11.0 Å². The first-order valence-corrected chi connectivity index (χ1v) is 8.26. The molecule has 0 unspecified atom stereocenters. The highest BCUT2D eigenvalue weighted by atomic mass is 19.4. The van der Waals surface area contributed by atoms with E-state index in [0.717, 1.165) is 17.0 Å². The second kappa shape index (κ2) is 8.09. The standard InChI is InChI=1S/C18H15F3N6O2/c1-27(10-15(28)22-14-5-3-2-4-13(14)18(19,20)21)17(29)12-8-6-11(7-9-12)16-23-25-26-24-16/h2-9,29H,10H2,1H3,(H,22,28)/p-1. The zero-order chi connectivity index (χ0) is 21.0. The number of carbonyl (C=O) groups is 1. The summed E-state index contributed by atoms with van der Waals surface area (Å²) in [5.74, 6) is -0.924. The van der Waals surface area contributed by atoms with Crippen molar-refractivity contribution in [1.29, 1.82) is 0 Å². The summed E-state index contributed by atoms with van der Waals surface area (Å²) < 4.78 is 39.0. The van der Waals surface area contributed by atoms with E-state index >= 15 is 0 Å². The lowest BCUT2D eigenvalue weighted by Crippen LogP contribution is -2.37. The lowest BCUT2D eigenvalue weighted by Gasteiger charge is -2.26. The molecule has 3 rings (SSSR count). The van der Waals surface area contributed by atoms with Crippen molar-refractivity contribution in [2.45, 2.75) is 6.18 Å². The number of nitrogens with one attached hydrogen (secondary N) is 1. The maximum absolute atomic E-state index is 13.0. The number of amides is 1. The van der Waals surface area contributed by atoms with E-state index in [1.807, 2.05) is 0 Å². The third-order valence-corrected chi connectivity index (χ3v) is 3.94. The molecule has 1 aliphatic heterocycles. The molecule has 150 valence electrons. The van der Waals surface area contributed by atoms with Crippen LogP contribution in [0.5, 0.6) is 0 Å². The number of rotatable bonds is 4. The van der Waals surface area contributed by atoms with Crippen molar-refractivity contribution in [2.75, 3.05) is 18.9 Å². The van der Waals surface area contributed by atoms with Gasteiger partial charge in [0.05, 0.1) is 17.8 Å². The number of anilines is 1. The van der Waals surface area contributed by atoms with Crippen molar-refractivity contribution in [1.82, 2.24) is 4.90 Å². The summed E-state index contributed by atoms with van der Waals surface area (Å²) in [5, 5.41) is 29.7. The Kier molecular flexibility index (Phi) is 5.57. The van der Waals surface area contributed by atoms with Gasteiger partial charge in [0.2, 0.25) is 11.7 Å². The van der Waals surface area contributed by atoms with Crippen LogP contribution in [0.2, 0.25) is 0 Å². The Bertz CT molecular complexity index is 1070. The number of likely N-dealkylation sites (N-methyl/N-ethyl adjacent to an activating group) is 1. The van der Waals surface area contributed by atoms with Gasteiger partial charge in [0.1, 0.15) is 0 Å². The third-order valence-electron chi connectivity index (χ3n) is 3.94. The number of alkyl halides is 3. The first-order valence-electron chi connectivity index (χ1n) is 8.26. The minimum Gasteiger partial charge on any atom is -0.860 e. The zero-order valence-electron chi connectivity index (χ0n) is 15.0. The molecule has 0 atom stereocenters. The Balaban J connectivity index is 1.75. The highest BCUT2D eigenvalue weighted by Crippen LogP contribution is 2.34. The highest BCUT2D eigenvalue weighted by Gasteiger charge is 2.33. The van der Waals surface area contributed by atoms with Gasteiger partial charge in [-0.15, -0.1) is 10.2 Å². The summed E-state index contributed by atoms with van der Waals surface area (Å²) in [5.41, 5.74) is -1.33. The molecule has 1 heterocycles. The summed E-state index contributed by atoms with van der Waals surface area (Å²) in [6.07, 6.45) is -4.61.